The van der Waals surface area contributed by atoms with Crippen molar-refractivity contribution in [3.05, 3.63) is 11.9 Å². The van der Waals surface area contributed by atoms with E-state index >= 15 is 0 Å². The molecule has 0 aliphatic carbocycles. The number of aliphatic hydroxyl groups excluding tert-OH is 1. The van der Waals surface area contributed by atoms with Gasteiger partial charge in [-0.2, -0.15) is 0 Å². The van der Waals surface area contributed by atoms with Crippen LogP contribution in [0.5, 0.6) is 0 Å². The van der Waals surface area contributed by atoms with Gasteiger partial charge in [0.1, 0.15) is 0 Å². The maximum Gasteiger partial charge on any atom is 0.336 e. The summed E-state index contributed by atoms with van der Waals surface area (Å²) in [7, 11) is 0. The Kier molecular flexibility index (Phi) is 4.86. The molecule has 0 aromatic carbocycles. The molecule has 2 N–H and O–H groups in total. The third kappa shape index (κ3) is 3.74. The van der Waals surface area contributed by atoms with Crippen LogP contribution in [0.15, 0.2) is 6.20 Å². The van der Waals surface area contributed by atoms with Crippen LogP contribution in [0.4, 0.5) is 0 Å². The lowest BCUT2D eigenvalue weighted by Crippen LogP contribution is -2.28. The minimum atomic E-state index is -1.20. The summed E-state index contributed by atoms with van der Waals surface area (Å²) in [6, 6.07) is 0.224. The lowest BCUT2D eigenvalue weighted by atomic mass is 10.0. The van der Waals surface area contributed by atoms with Gasteiger partial charge in [0.05, 0.1) is 31.1 Å². The predicted octanol–water partition coefficient (Wildman–Crippen LogP) is 0.0167. The van der Waals surface area contributed by atoms with Crippen LogP contribution in [-0.2, 0) is 16.1 Å². The van der Waals surface area contributed by atoms with Gasteiger partial charge in [0.25, 0.3) is 0 Å². The van der Waals surface area contributed by atoms with Crippen molar-refractivity contribution in [3.8, 4) is 0 Å². The molecule has 0 spiro atoms. The first kappa shape index (κ1) is 14.0. The molecule has 0 amide bonds. The van der Waals surface area contributed by atoms with E-state index in [1.54, 1.807) is 13.1 Å². The number of aromatic nitrogens is 3. The van der Waals surface area contributed by atoms with E-state index in [2.05, 4.69) is 15.6 Å². The number of hydrogen-bond acceptors (Lipinski definition) is 6. The molecule has 2 atom stereocenters. The average Bonchev–Trinajstić information content (AvgIpc) is 2.88. The largest absolute Gasteiger partial charge is 0.464 e. The zero-order chi connectivity index (χ0) is 13.7. The standard InChI is InChI=1S/C12H20N4O3/c1-2-19-12(18)11(17)8-16-7-10(14-15-16)9-5-3-4-6-13-9/h7,9,11,13,17H,2-6,8H2,1H3. The van der Waals surface area contributed by atoms with Gasteiger partial charge in [-0.3, -0.25) is 0 Å². The van der Waals surface area contributed by atoms with Crippen molar-refractivity contribution in [1.29, 1.82) is 0 Å². The summed E-state index contributed by atoms with van der Waals surface area (Å²) in [6.45, 7) is 3.01. The van der Waals surface area contributed by atoms with E-state index in [9.17, 15) is 9.90 Å². The van der Waals surface area contributed by atoms with Crippen molar-refractivity contribution in [2.45, 2.75) is 44.9 Å². The van der Waals surface area contributed by atoms with Crippen molar-refractivity contribution in [3.63, 3.8) is 0 Å². The molecule has 106 valence electrons. The fourth-order valence-corrected chi connectivity index (χ4v) is 2.16. The Balaban J connectivity index is 1.91. The maximum atomic E-state index is 11.3. The van der Waals surface area contributed by atoms with Gasteiger partial charge in [-0.25, -0.2) is 9.48 Å². The Bertz CT molecular complexity index is 415. The Labute approximate surface area is 111 Å². The molecule has 2 heterocycles. The molecule has 19 heavy (non-hydrogen) atoms. The molecular weight excluding hydrogens is 248 g/mol. The number of nitrogens with zero attached hydrogens (tertiary/aromatic N) is 3. The normalized spacial score (nSPS) is 21.1. The molecular formula is C12H20N4O3. The number of ether oxygens (including phenoxy) is 1. The fourth-order valence-electron chi connectivity index (χ4n) is 2.16. The lowest BCUT2D eigenvalue weighted by Gasteiger charge is -2.20. The van der Waals surface area contributed by atoms with E-state index < -0.39 is 12.1 Å². The highest BCUT2D eigenvalue weighted by Gasteiger charge is 2.20. The molecule has 1 saturated heterocycles. The summed E-state index contributed by atoms with van der Waals surface area (Å²) in [5, 5.41) is 21.0. The van der Waals surface area contributed by atoms with Gasteiger partial charge < -0.3 is 15.2 Å². The van der Waals surface area contributed by atoms with Crippen LogP contribution in [-0.4, -0.2) is 45.3 Å². The fraction of sp³-hybridized carbons (Fsp3) is 0.750. The van der Waals surface area contributed by atoms with E-state index in [0.717, 1.165) is 18.7 Å². The Morgan fingerprint density at radius 1 is 1.68 bits per heavy atom. The molecule has 2 rings (SSSR count). The number of carbonyl (C=O) groups excluding carboxylic acids is 1. The number of nitrogens with one attached hydrogen (secondary N) is 1. The van der Waals surface area contributed by atoms with Crippen molar-refractivity contribution in [2.24, 2.45) is 0 Å². The molecule has 2 unspecified atom stereocenters. The van der Waals surface area contributed by atoms with Crippen LogP contribution in [0.25, 0.3) is 0 Å². The second-order valence-corrected chi connectivity index (χ2v) is 4.64. The monoisotopic (exact) mass is 268 g/mol. The number of rotatable bonds is 5. The first-order chi connectivity index (χ1) is 9.20. The van der Waals surface area contributed by atoms with Gasteiger partial charge in [0.2, 0.25) is 0 Å². The van der Waals surface area contributed by atoms with E-state index in [1.165, 1.54) is 17.5 Å². The Morgan fingerprint density at radius 3 is 3.21 bits per heavy atom. The van der Waals surface area contributed by atoms with Crippen molar-refractivity contribution in [1.82, 2.24) is 20.3 Å². The van der Waals surface area contributed by atoms with Crippen LogP contribution in [0.3, 0.4) is 0 Å². The van der Waals surface area contributed by atoms with Gasteiger partial charge >= 0.3 is 5.97 Å². The van der Waals surface area contributed by atoms with Crippen LogP contribution in [0.2, 0.25) is 0 Å². The van der Waals surface area contributed by atoms with Gasteiger partial charge in [-0.15, -0.1) is 5.10 Å². The first-order valence-electron chi connectivity index (χ1n) is 6.69. The zero-order valence-electron chi connectivity index (χ0n) is 11.1. The number of esters is 1. The second kappa shape index (κ2) is 6.63. The summed E-state index contributed by atoms with van der Waals surface area (Å²) >= 11 is 0. The molecule has 7 nitrogen and oxygen atoms in total. The minimum absolute atomic E-state index is 0.0680. The van der Waals surface area contributed by atoms with Gasteiger partial charge in [-0.05, 0) is 26.3 Å². The minimum Gasteiger partial charge on any atom is -0.464 e. The third-order valence-electron chi connectivity index (χ3n) is 3.14. The quantitative estimate of drug-likeness (QED) is 0.732. The van der Waals surface area contributed by atoms with Crippen LogP contribution < -0.4 is 5.32 Å². The number of aliphatic hydroxyl groups is 1. The molecule has 1 aliphatic rings. The van der Waals surface area contributed by atoms with Crippen LogP contribution in [0.1, 0.15) is 37.9 Å². The van der Waals surface area contributed by atoms with E-state index in [4.69, 9.17) is 4.74 Å². The van der Waals surface area contributed by atoms with Crippen LogP contribution >= 0.6 is 0 Å². The summed E-state index contributed by atoms with van der Waals surface area (Å²) < 4.78 is 6.22. The zero-order valence-corrected chi connectivity index (χ0v) is 11.1. The smallest absolute Gasteiger partial charge is 0.336 e. The Hall–Kier alpha value is -1.47. The topological polar surface area (TPSA) is 89.3 Å². The number of carbonyl (C=O) groups is 1. The molecule has 1 aromatic rings. The highest BCUT2D eigenvalue weighted by atomic mass is 16.5. The summed E-state index contributed by atoms with van der Waals surface area (Å²) in [4.78, 5) is 11.3. The summed E-state index contributed by atoms with van der Waals surface area (Å²) in [5.74, 6) is -0.629. The SMILES string of the molecule is CCOC(=O)C(O)Cn1cc(C2CCCCN2)nn1. The molecule has 1 aliphatic heterocycles. The van der Waals surface area contributed by atoms with E-state index in [-0.39, 0.29) is 19.2 Å². The van der Waals surface area contributed by atoms with E-state index in [1.807, 2.05) is 0 Å². The number of hydrogen-bond donors (Lipinski definition) is 2. The second-order valence-electron chi connectivity index (χ2n) is 4.64. The highest BCUT2D eigenvalue weighted by molar-refractivity contribution is 5.74. The van der Waals surface area contributed by atoms with Crippen molar-refractivity contribution in [2.75, 3.05) is 13.2 Å². The average molecular weight is 268 g/mol. The van der Waals surface area contributed by atoms with Crippen molar-refractivity contribution < 1.29 is 14.6 Å². The maximum absolute atomic E-state index is 11.3. The highest BCUT2D eigenvalue weighted by Crippen LogP contribution is 2.20. The molecule has 1 fully saturated rings. The van der Waals surface area contributed by atoms with E-state index in [0.29, 0.717) is 0 Å². The molecule has 0 radical (unpaired) electrons. The first-order valence-corrected chi connectivity index (χ1v) is 6.69. The van der Waals surface area contributed by atoms with Crippen LogP contribution in [0, 0.1) is 0 Å². The molecule has 7 heteroatoms. The molecule has 1 aromatic heterocycles. The third-order valence-corrected chi connectivity index (χ3v) is 3.14. The van der Waals surface area contributed by atoms with Gasteiger partial charge in [-0.1, -0.05) is 11.6 Å². The number of piperidine rings is 1. The lowest BCUT2D eigenvalue weighted by molar-refractivity contribution is -0.153. The summed E-state index contributed by atoms with van der Waals surface area (Å²) in [5.41, 5.74) is 0.857. The Morgan fingerprint density at radius 2 is 2.53 bits per heavy atom. The molecule has 0 bridgehead atoms. The summed E-state index contributed by atoms with van der Waals surface area (Å²) in [6.07, 6.45) is 3.97. The van der Waals surface area contributed by atoms with Gasteiger partial charge in [0, 0.05) is 0 Å². The predicted molar refractivity (Wildman–Crippen MR) is 67.3 cm³/mol. The molecule has 0 saturated carbocycles. The van der Waals surface area contributed by atoms with Gasteiger partial charge in [0.15, 0.2) is 6.10 Å². The van der Waals surface area contributed by atoms with Crippen molar-refractivity contribution >= 4 is 5.97 Å².